The van der Waals surface area contributed by atoms with Gasteiger partial charge in [-0.3, -0.25) is 0 Å². The summed E-state index contributed by atoms with van der Waals surface area (Å²) in [7, 11) is 0.391. The van der Waals surface area contributed by atoms with Crippen molar-refractivity contribution in [2.24, 2.45) is 0 Å². The minimum atomic E-state index is -1.23. The molecule has 102 valence electrons. The van der Waals surface area contributed by atoms with E-state index in [9.17, 15) is 4.21 Å². The molecule has 0 N–H and O–H groups in total. The van der Waals surface area contributed by atoms with Crippen molar-refractivity contribution in [2.75, 3.05) is 7.11 Å². The molecule has 0 saturated carbocycles. The first kappa shape index (κ1) is 14.3. The molecule has 2 nitrogen and oxygen atoms in total. The summed E-state index contributed by atoms with van der Waals surface area (Å²) in [5.74, 6) is 0.775. The zero-order valence-electron chi connectivity index (χ0n) is 11.3. The summed E-state index contributed by atoms with van der Waals surface area (Å²) in [5.41, 5.74) is 0.896. The third kappa shape index (κ3) is 3.25. The minimum Gasteiger partial charge on any atom is -0.497 e. The molecule has 0 aliphatic rings. The highest BCUT2D eigenvalue weighted by Crippen LogP contribution is 2.25. The van der Waals surface area contributed by atoms with Gasteiger partial charge in [0.2, 0.25) is 0 Å². The van der Waals surface area contributed by atoms with Gasteiger partial charge in [0.1, 0.15) is 5.75 Å². The second kappa shape index (κ2) is 6.87. The smallest absolute Gasteiger partial charge is 0.118 e. The number of methoxy groups -OCH3 is 1. The molecule has 0 saturated heterocycles. The molecule has 0 amide bonds. The van der Waals surface area contributed by atoms with Crippen molar-refractivity contribution < 1.29 is 8.95 Å². The molecule has 0 aliphatic heterocycles. The minimum absolute atomic E-state index is 0.730. The van der Waals surface area contributed by atoms with E-state index in [2.05, 4.69) is 6.58 Å². The second-order valence-corrected chi connectivity index (χ2v) is 5.53. The average Bonchev–Trinajstić information content (AvgIpc) is 2.53. The molecule has 20 heavy (non-hydrogen) atoms. The van der Waals surface area contributed by atoms with Crippen LogP contribution in [-0.2, 0) is 10.8 Å². The van der Waals surface area contributed by atoms with Crippen LogP contribution in [0.25, 0.3) is 4.91 Å². The maximum atomic E-state index is 12.7. The molecular formula is C17H16O2S. The average molecular weight is 284 g/mol. The Labute approximate surface area is 121 Å². The summed E-state index contributed by atoms with van der Waals surface area (Å²) in [4.78, 5) is 1.50. The van der Waals surface area contributed by atoms with Crippen molar-refractivity contribution in [1.82, 2.24) is 0 Å². The summed E-state index contributed by atoms with van der Waals surface area (Å²) in [6.45, 7) is 3.70. The quantitative estimate of drug-likeness (QED) is 0.775. The third-order valence-corrected chi connectivity index (χ3v) is 4.27. The summed E-state index contributed by atoms with van der Waals surface area (Å²) < 4.78 is 17.8. The van der Waals surface area contributed by atoms with Crippen molar-refractivity contribution in [3.05, 3.63) is 78.9 Å². The van der Waals surface area contributed by atoms with E-state index in [0.29, 0.717) is 0 Å². The number of allylic oxidation sites excluding steroid dienone is 2. The lowest BCUT2D eigenvalue weighted by Crippen LogP contribution is -1.96. The van der Waals surface area contributed by atoms with Gasteiger partial charge in [0.25, 0.3) is 0 Å². The van der Waals surface area contributed by atoms with E-state index >= 15 is 0 Å². The normalized spacial score (nSPS) is 12.8. The number of rotatable bonds is 5. The Balaban J connectivity index is 2.39. The topological polar surface area (TPSA) is 26.3 Å². The first-order valence-electron chi connectivity index (χ1n) is 6.20. The van der Waals surface area contributed by atoms with Crippen LogP contribution in [0.5, 0.6) is 5.75 Å². The first-order valence-corrected chi connectivity index (χ1v) is 7.35. The maximum absolute atomic E-state index is 12.7. The van der Waals surface area contributed by atoms with Crippen LogP contribution < -0.4 is 4.74 Å². The molecule has 1 atom stereocenters. The number of ether oxygens (including phenoxy) is 1. The molecule has 2 rings (SSSR count). The summed E-state index contributed by atoms with van der Waals surface area (Å²) >= 11 is 0. The molecule has 0 bridgehead atoms. The highest BCUT2D eigenvalue weighted by Gasteiger charge is 2.11. The van der Waals surface area contributed by atoms with E-state index in [4.69, 9.17) is 4.74 Å². The summed E-state index contributed by atoms with van der Waals surface area (Å²) in [5, 5.41) is 0. The SMILES string of the molecule is C=C/C=C(/c1ccc(OC)cc1)[S@@](=O)c1ccccc1. The van der Waals surface area contributed by atoms with Gasteiger partial charge in [-0.2, -0.15) is 0 Å². The summed E-state index contributed by atoms with van der Waals surface area (Å²) in [6, 6.07) is 16.9. The van der Waals surface area contributed by atoms with E-state index in [1.807, 2.05) is 54.6 Å². The van der Waals surface area contributed by atoms with Gasteiger partial charge in [0, 0.05) is 4.90 Å². The lowest BCUT2D eigenvalue weighted by Gasteiger charge is -2.08. The van der Waals surface area contributed by atoms with Crippen molar-refractivity contribution in [3.63, 3.8) is 0 Å². The van der Waals surface area contributed by atoms with Gasteiger partial charge in [-0.25, -0.2) is 4.21 Å². The molecule has 3 heteroatoms. The maximum Gasteiger partial charge on any atom is 0.118 e. The van der Waals surface area contributed by atoms with Gasteiger partial charge in [-0.1, -0.05) is 43.0 Å². The first-order chi connectivity index (χ1) is 9.76. The molecule has 0 fully saturated rings. The van der Waals surface area contributed by atoms with Crippen LogP contribution in [0.4, 0.5) is 0 Å². The van der Waals surface area contributed by atoms with E-state index in [-0.39, 0.29) is 0 Å². The monoisotopic (exact) mass is 284 g/mol. The summed E-state index contributed by atoms with van der Waals surface area (Å²) in [6.07, 6.45) is 3.44. The molecule has 0 unspecified atom stereocenters. The van der Waals surface area contributed by atoms with Gasteiger partial charge in [0.05, 0.1) is 22.8 Å². The van der Waals surface area contributed by atoms with Crippen LogP contribution >= 0.6 is 0 Å². The number of hydrogen-bond acceptors (Lipinski definition) is 2. The van der Waals surface area contributed by atoms with E-state index in [1.165, 1.54) is 0 Å². The molecular weight excluding hydrogens is 268 g/mol. The Morgan fingerprint density at radius 2 is 1.75 bits per heavy atom. The molecule has 0 heterocycles. The lowest BCUT2D eigenvalue weighted by atomic mass is 10.2. The van der Waals surface area contributed by atoms with Crippen molar-refractivity contribution >= 4 is 15.7 Å². The fraction of sp³-hybridized carbons (Fsp3) is 0.0588. The lowest BCUT2D eigenvalue weighted by molar-refractivity contribution is 0.415. The van der Waals surface area contributed by atoms with Crippen LogP contribution in [0.3, 0.4) is 0 Å². The molecule has 0 spiro atoms. The second-order valence-electron chi connectivity index (χ2n) is 4.08. The Morgan fingerprint density at radius 1 is 1.10 bits per heavy atom. The standard InChI is InChI=1S/C17H16O2S/c1-3-7-17(14-10-12-15(19-2)13-11-14)20(18)16-8-5-4-6-9-16/h3-13H,1H2,2H3/b17-7-/t20-/m0/s1. The molecule has 2 aromatic carbocycles. The van der Waals surface area contributed by atoms with Crippen LogP contribution in [0.1, 0.15) is 5.56 Å². The van der Waals surface area contributed by atoms with Crippen LogP contribution in [-0.4, -0.2) is 11.3 Å². The Kier molecular flexibility index (Phi) is 4.91. The number of hydrogen-bond donors (Lipinski definition) is 0. The predicted octanol–water partition coefficient (Wildman–Crippen LogP) is 4.03. The Hall–Kier alpha value is -2.13. The Morgan fingerprint density at radius 3 is 2.30 bits per heavy atom. The predicted molar refractivity (Wildman–Crippen MR) is 84.0 cm³/mol. The zero-order chi connectivity index (χ0) is 14.4. The van der Waals surface area contributed by atoms with Gasteiger partial charge < -0.3 is 4.74 Å². The fourth-order valence-electron chi connectivity index (χ4n) is 1.80. The van der Waals surface area contributed by atoms with Crippen molar-refractivity contribution in [1.29, 1.82) is 0 Å². The molecule has 0 aliphatic carbocycles. The largest absolute Gasteiger partial charge is 0.497 e. The van der Waals surface area contributed by atoms with Crippen LogP contribution in [0.15, 0.2) is 78.2 Å². The van der Waals surface area contributed by atoms with Crippen LogP contribution in [0, 0.1) is 0 Å². The van der Waals surface area contributed by atoms with Gasteiger partial charge >= 0.3 is 0 Å². The van der Waals surface area contributed by atoms with Gasteiger partial charge in [-0.05, 0) is 35.9 Å². The van der Waals surface area contributed by atoms with Gasteiger partial charge in [-0.15, -0.1) is 0 Å². The molecule has 2 aromatic rings. The zero-order valence-corrected chi connectivity index (χ0v) is 12.1. The van der Waals surface area contributed by atoms with E-state index < -0.39 is 10.8 Å². The molecule has 0 aromatic heterocycles. The molecule has 0 radical (unpaired) electrons. The van der Waals surface area contributed by atoms with Crippen molar-refractivity contribution in [2.45, 2.75) is 4.90 Å². The van der Waals surface area contributed by atoms with E-state index in [1.54, 1.807) is 19.3 Å². The van der Waals surface area contributed by atoms with Gasteiger partial charge in [0.15, 0.2) is 0 Å². The third-order valence-electron chi connectivity index (χ3n) is 2.80. The van der Waals surface area contributed by atoms with Crippen LogP contribution in [0.2, 0.25) is 0 Å². The van der Waals surface area contributed by atoms with Crippen molar-refractivity contribution in [3.8, 4) is 5.75 Å². The highest BCUT2D eigenvalue weighted by molar-refractivity contribution is 7.94. The van der Waals surface area contributed by atoms with E-state index in [0.717, 1.165) is 21.1 Å². The fourth-order valence-corrected chi connectivity index (χ4v) is 3.03. The highest BCUT2D eigenvalue weighted by atomic mass is 32.2. The Bertz CT molecular complexity index is 628. The number of benzene rings is 2.